The first kappa shape index (κ1) is 27.3. The Morgan fingerprint density at radius 3 is 2.58 bits per heavy atom. The number of fused-ring (bicyclic) bond motifs is 1. The van der Waals surface area contributed by atoms with Crippen molar-refractivity contribution in [2.75, 3.05) is 65.9 Å². The topological polar surface area (TPSA) is 95.3 Å². The Morgan fingerprint density at radius 1 is 1.00 bits per heavy atom. The summed E-state index contributed by atoms with van der Waals surface area (Å²) in [5.74, 6) is 0.663. The van der Waals surface area contributed by atoms with Crippen molar-refractivity contribution in [2.45, 2.75) is 6.42 Å². The maximum Gasteiger partial charge on any atom is 0.255 e. The molecule has 2 amide bonds. The molecular weight excluding hydrogens is 506 g/mol. The largest absolute Gasteiger partial charge is 0.378 e. The molecule has 40 heavy (non-hydrogen) atoms. The van der Waals surface area contributed by atoms with Gasteiger partial charge in [0.1, 0.15) is 5.82 Å². The van der Waals surface area contributed by atoms with Crippen molar-refractivity contribution in [1.82, 2.24) is 29.1 Å². The first-order valence-corrected chi connectivity index (χ1v) is 13.4. The molecule has 0 aliphatic carbocycles. The van der Waals surface area contributed by atoms with Crippen LogP contribution in [0.2, 0.25) is 0 Å². The highest BCUT2D eigenvalue weighted by Gasteiger charge is 2.19. The van der Waals surface area contributed by atoms with E-state index in [9.17, 15) is 9.59 Å². The molecule has 0 saturated carbocycles. The first-order valence-electron chi connectivity index (χ1n) is 13.4. The molecule has 0 atom stereocenters. The van der Waals surface area contributed by atoms with Crippen LogP contribution in [-0.4, -0.2) is 101 Å². The summed E-state index contributed by atoms with van der Waals surface area (Å²) >= 11 is 0. The van der Waals surface area contributed by atoms with Crippen LogP contribution in [0.1, 0.15) is 15.9 Å². The number of carbonyl (C=O) groups excluding carboxylic acids is 2. The number of hydrogen-bond donors (Lipinski definition) is 1. The van der Waals surface area contributed by atoms with E-state index in [4.69, 9.17) is 4.74 Å². The molecular formula is C30H35N7O3. The summed E-state index contributed by atoms with van der Waals surface area (Å²) in [4.78, 5) is 40.2. The van der Waals surface area contributed by atoms with E-state index >= 15 is 0 Å². The van der Waals surface area contributed by atoms with Gasteiger partial charge in [0.25, 0.3) is 5.91 Å². The van der Waals surface area contributed by atoms with Crippen LogP contribution in [0.3, 0.4) is 0 Å². The standard InChI is InChI=1S/C30H35N7O3/c1-34(2)11-12-35(3)28(38)18-22-5-4-6-23(17-22)25-19-26(29-31-9-10-37(29)21-25)33-27-8-7-24(20-32-27)30(39)36-13-15-40-16-14-36/h4-10,17,19-21H,11-16,18H2,1-3H3,(H,32,33). The van der Waals surface area contributed by atoms with E-state index in [1.165, 1.54) is 0 Å². The normalized spacial score (nSPS) is 13.6. The van der Waals surface area contributed by atoms with Crippen LogP contribution in [0, 0.1) is 0 Å². The predicted octanol–water partition coefficient (Wildman–Crippen LogP) is 3.17. The van der Waals surface area contributed by atoms with Crippen molar-refractivity contribution in [3.8, 4) is 11.1 Å². The molecule has 1 fully saturated rings. The number of ether oxygens (including phenoxy) is 1. The lowest BCUT2D eigenvalue weighted by atomic mass is 10.0. The Bertz CT molecular complexity index is 1480. The lowest BCUT2D eigenvalue weighted by molar-refractivity contribution is -0.129. The minimum Gasteiger partial charge on any atom is -0.378 e. The van der Waals surface area contributed by atoms with Crippen LogP contribution in [0.4, 0.5) is 11.5 Å². The third-order valence-electron chi connectivity index (χ3n) is 6.98. The number of anilines is 2. The highest BCUT2D eigenvalue weighted by Crippen LogP contribution is 2.28. The molecule has 4 heterocycles. The smallest absolute Gasteiger partial charge is 0.255 e. The molecule has 3 aromatic heterocycles. The predicted molar refractivity (Wildman–Crippen MR) is 155 cm³/mol. The summed E-state index contributed by atoms with van der Waals surface area (Å²) < 4.78 is 7.30. The van der Waals surface area contributed by atoms with Gasteiger partial charge in [-0.3, -0.25) is 9.59 Å². The van der Waals surface area contributed by atoms with Gasteiger partial charge < -0.3 is 29.2 Å². The van der Waals surface area contributed by atoms with Gasteiger partial charge in [0.05, 0.1) is 30.9 Å². The second-order valence-electron chi connectivity index (χ2n) is 10.3. The van der Waals surface area contributed by atoms with E-state index < -0.39 is 0 Å². The van der Waals surface area contributed by atoms with Crippen molar-refractivity contribution >= 4 is 29.0 Å². The van der Waals surface area contributed by atoms with E-state index in [1.807, 2.05) is 62.2 Å². The Labute approximate surface area is 234 Å². The van der Waals surface area contributed by atoms with E-state index in [-0.39, 0.29) is 11.8 Å². The number of hydrogen-bond acceptors (Lipinski definition) is 7. The summed E-state index contributed by atoms with van der Waals surface area (Å²) in [6.07, 6.45) is 7.61. The van der Waals surface area contributed by atoms with Crippen LogP contribution in [0.5, 0.6) is 0 Å². The van der Waals surface area contributed by atoms with Gasteiger partial charge in [-0.1, -0.05) is 24.3 Å². The minimum atomic E-state index is -0.0396. The zero-order chi connectivity index (χ0) is 28.1. The number of pyridine rings is 2. The fourth-order valence-corrected chi connectivity index (χ4v) is 4.61. The van der Waals surface area contributed by atoms with Crippen LogP contribution in [0.15, 0.2) is 67.3 Å². The second-order valence-corrected chi connectivity index (χ2v) is 10.3. The zero-order valence-electron chi connectivity index (χ0n) is 23.2. The van der Waals surface area contributed by atoms with Crippen LogP contribution in [0.25, 0.3) is 16.8 Å². The lowest BCUT2D eigenvalue weighted by Crippen LogP contribution is -2.40. The van der Waals surface area contributed by atoms with Crippen LogP contribution in [-0.2, 0) is 16.0 Å². The van der Waals surface area contributed by atoms with Crippen molar-refractivity contribution in [3.05, 3.63) is 78.4 Å². The monoisotopic (exact) mass is 541 g/mol. The van der Waals surface area contributed by atoms with Gasteiger partial charge in [-0.25, -0.2) is 9.97 Å². The number of imidazole rings is 1. The van der Waals surface area contributed by atoms with Crippen molar-refractivity contribution < 1.29 is 14.3 Å². The Hall–Kier alpha value is -4.28. The summed E-state index contributed by atoms with van der Waals surface area (Å²) in [5.41, 5.74) is 5.02. The number of nitrogens with one attached hydrogen (secondary N) is 1. The number of morpholine rings is 1. The van der Waals surface area contributed by atoms with Gasteiger partial charge in [-0.05, 0) is 43.4 Å². The Kier molecular flexibility index (Phi) is 8.37. The molecule has 0 spiro atoms. The highest BCUT2D eigenvalue weighted by atomic mass is 16.5. The van der Waals surface area contributed by atoms with Gasteiger partial charge >= 0.3 is 0 Å². The Morgan fingerprint density at radius 2 is 1.82 bits per heavy atom. The summed E-state index contributed by atoms with van der Waals surface area (Å²) in [6, 6.07) is 13.7. The van der Waals surface area contributed by atoms with Gasteiger partial charge in [-0.2, -0.15) is 0 Å². The zero-order valence-corrected chi connectivity index (χ0v) is 23.2. The second kappa shape index (κ2) is 12.3. The number of benzene rings is 1. The van der Waals surface area contributed by atoms with Crippen molar-refractivity contribution in [1.29, 1.82) is 0 Å². The maximum absolute atomic E-state index is 12.8. The van der Waals surface area contributed by atoms with E-state index in [1.54, 1.807) is 34.3 Å². The maximum atomic E-state index is 12.8. The molecule has 1 aromatic carbocycles. The van der Waals surface area contributed by atoms with E-state index in [2.05, 4.69) is 26.3 Å². The third-order valence-corrected chi connectivity index (χ3v) is 6.98. The fourth-order valence-electron chi connectivity index (χ4n) is 4.61. The Balaban J connectivity index is 1.34. The molecule has 10 heteroatoms. The molecule has 1 N–H and O–H groups in total. The molecule has 0 bridgehead atoms. The number of nitrogens with zero attached hydrogens (tertiary/aromatic N) is 6. The molecule has 10 nitrogen and oxygen atoms in total. The molecule has 208 valence electrons. The van der Waals surface area contributed by atoms with Gasteiger partial charge in [-0.15, -0.1) is 0 Å². The summed E-state index contributed by atoms with van der Waals surface area (Å²) in [5, 5.41) is 3.37. The average Bonchev–Trinajstić information content (AvgIpc) is 3.46. The van der Waals surface area contributed by atoms with E-state index in [0.29, 0.717) is 50.7 Å². The third kappa shape index (κ3) is 6.47. The number of aromatic nitrogens is 3. The number of carbonyl (C=O) groups is 2. The molecule has 0 unspecified atom stereocenters. The van der Waals surface area contributed by atoms with Gasteiger partial charge in [0.15, 0.2) is 5.65 Å². The molecule has 5 rings (SSSR count). The molecule has 0 radical (unpaired) electrons. The highest BCUT2D eigenvalue weighted by molar-refractivity contribution is 5.94. The van der Waals surface area contributed by atoms with Crippen LogP contribution >= 0.6 is 0 Å². The molecule has 1 saturated heterocycles. The quantitative estimate of drug-likeness (QED) is 0.348. The summed E-state index contributed by atoms with van der Waals surface area (Å²) in [6.45, 7) is 3.81. The lowest BCUT2D eigenvalue weighted by Gasteiger charge is -2.26. The van der Waals surface area contributed by atoms with E-state index in [0.717, 1.165) is 34.6 Å². The molecule has 1 aliphatic rings. The van der Waals surface area contributed by atoms with Crippen molar-refractivity contribution in [2.24, 2.45) is 0 Å². The first-order chi connectivity index (χ1) is 19.4. The minimum absolute atomic E-state index is 0.0396. The number of likely N-dealkylation sites (N-methyl/N-ethyl adjacent to an activating group) is 2. The van der Waals surface area contributed by atoms with Gasteiger partial charge in [0.2, 0.25) is 5.91 Å². The molecule has 4 aromatic rings. The van der Waals surface area contributed by atoms with Crippen molar-refractivity contribution in [3.63, 3.8) is 0 Å². The summed E-state index contributed by atoms with van der Waals surface area (Å²) in [7, 11) is 5.85. The number of amides is 2. The van der Waals surface area contributed by atoms with Crippen LogP contribution < -0.4 is 5.32 Å². The fraction of sp³-hybridized carbons (Fsp3) is 0.333. The average molecular weight is 542 g/mol. The SMILES string of the molecule is CN(C)CCN(C)C(=O)Cc1cccc(-c2cc(Nc3ccc(C(=O)N4CCOCC4)cn3)c3nccn3c2)c1. The molecule has 1 aliphatic heterocycles. The van der Waals surface area contributed by atoms with Gasteiger partial charge in [0, 0.05) is 63.6 Å². The number of rotatable bonds is 9.